The zero-order valence-electron chi connectivity index (χ0n) is 15.3. The molecule has 2 aliphatic rings. The minimum Gasteiger partial charge on any atom is -0.504 e. The Labute approximate surface area is 172 Å². The molecule has 2 aliphatic heterocycles. The Morgan fingerprint density at radius 1 is 1.33 bits per heavy atom. The van der Waals surface area contributed by atoms with Gasteiger partial charge in [-0.05, 0) is 43.2 Å². The van der Waals surface area contributed by atoms with Crippen LogP contribution in [0.3, 0.4) is 0 Å². The van der Waals surface area contributed by atoms with E-state index in [2.05, 4.69) is 32.7 Å². The summed E-state index contributed by atoms with van der Waals surface area (Å²) in [5.41, 5.74) is 2.02. The number of benzene rings is 1. The van der Waals surface area contributed by atoms with Crippen molar-refractivity contribution in [3.63, 3.8) is 0 Å². The predicted octanol–water partition coefficient (Wildman–Crippen LogP) is 4.93. The number of rotatable bonds is 5. The monoisotopic (exact) mass is 447 g/mol. The highest BCUT2D eigenvalue weighted by Gasteiger charge is 2.46. The summed E-state index contributed by atoms with van der Waals surface area (Å²) in [6, 6.07) is 9.99. The molecule has 2 aromatic rings. The smallest absolute Gasteiger partial charge is 0.161 e. The molecule has 4 rings (SSSR count). The predicted molar refractivity (Wildman–Crippen MR) is 113 cm³/mol. The molecular formula is C20H22BrN3O2S. The summed E-state index contributed by atoms with van der Waals surface area (Å²) in [6.07, 6.45) is 2.88. The van der Waals surface area contributed by atoms with Gasteiger partial charge in [-0.25, -0.2) is 0 Å². The maximum atomic E-state index is 10.2. The number of pyridine rings is 1. The summed E-state index contributed by atoms with van der Waals surface area (Å²) >= 11 is 5.48. The third kappa shape index (κ3) is 3.31. The van der Waals surface area contributed by atoms with Crippen molar-refractivity contribution in [2.45, 2.75) is 38.4 Å². The third-order valence-corrected chi connectivity index (χ3v) is 6.84. The van der Waals surface area contributed by atoms with Gasteiger partial charge in [-0.3, -0.25) is 9.98 Å². The van der Waals surface area contributed by atoms with Crippen LogP contribution in [-0.2, 0) is 0 Å². The first kappa shape index (κ1) is 18.6. The molecule has 0 saturated carbocycles. The Morgan fingerprint density at radius 2 is 2.19 bits per heavy atom. The summed E-state index contributed by atoms with van der Waals surface area (Å²) in [5.74, 6) is 1.70. The average molecular weight is 448 g/mol. The fraction of sp³-hybridized carbons (Fsp3) is 0.400. The van der Waals surface area contributed by atoms with Crippen LogP contribution in [0.15, 0.2) is 46.0 Å². The van der Waals surface area contributed by atoms with Crippen LogP contribution >= 0.6 is 27.7 Å². The van der Waals surface area contributed by atoms with Crippen LogP contribution in [0.2, 0.25) is 0 Å². The Balaban J connectivity index is 1.83. The van der Waals surface area contributed by atoms with E-state index >= 15 is 0 Å². The number of nitrogens with zero attached hydrogens (tertiary/aromatic N) is 3. The topological polar surface area (TPSA) is 58.0 Å². The molecule has 0 bridgehead atoms. The molecule has 1 saturated heterocycles. The summed E-state index contributed by atoms with van der Waals surface area (Å²) in [5, 5.41) is 11.3. The Morgan fingerprint density at radius 3 is 2.89 bits per heavy atom. The van der Waals surface area contributed by atoms with E-state index in [9.17, 15) is 5.11 Å². The lowest BCUT2D eigenvalue weighted by atomic mass is 9.95. The van der Waals surface area contributed by atoms with E-state index in [1.54, 1.807) is 6.07 Å². The molecule has 27 heavy (non-hydrogen) atoms. The van der Waals surface area contributed by atoms with Crippen LogP contribution in [0.5, 0.6) is 11.5 Å². The molecule has 0 unspecified atom stereocenters. The maximum absolute atomic E-state index is 10.2. The van der Waals surface area contributed by atoms with Crippen LogP contribution < -0.4 is 4.74 Å². The lowest BCUT2D eigenvalue weighted by Crippen LogP contribution is -2.35. The number of halogens is 1. The van der Waals surface area contributed by atoms with E-state index in [0.717, 1.165) is 33.1 Å². The Bertz CT molecular complexity index is 862. The largest absolute Gasteiger partial charge is 0.504 e. The zero-order chi connectivity index (χ0) is 19.0. The number of aromatic hydroxyl groups is 1. The van der Waals surface area contributed by atoms with Crippen molar-refractivity contribution in [2.75, 3.05) is 12.4 Å². The number of amidine groups is 1. The molecule has 1 aromatic heterocycles. The molecule has 142 valence electrons. The van der Waals surface area contributed by atoms with Gasteiger partial charge in [-0.2, -0.15) is 0 Å². The fourth-order valence-corrected chi connectivity index (χ4v) is 5.65. The van der Waals surface area contributed by atoms with E-state index in [4.69, 9.17) is 9.73 Å². The number of hydrogen-bond donors (Lipinski definition) is 1. The van der Waals surface area contributed by atoms with Crippen molar-refractivity contribution in [1.82, 2.24) is 9.88 Å². The molecule has 0 aliphatic carbocycles. The summed E-state index contributed by atoms with van der Waals surface area (Å²) in [6.45, 7) is 4.64. The number of thioether (sulfide) groups is 1. The number of aromatic nitrogens is 1. The fourth-order valence-electron chi connectivity index (χ4n) is 3.74. The normalized spacial score (nSPS) is 24.0. The van der Waals surface area contributed by atoms with Crippen molar-refractivity contribution in [3.8, 4) is 11.5 Å². The van der Waals surface area contributed by atoms with Gasteiger partial charge in [0.2, 0.25) is 0 Å². The molecule has 1 N–H and O–H groups in total. The number of ether oxygens (including phenoxy) is 1. The molecule has 1 aromatic carbocycles. The van der Waals surface area contributed by atoms with Gasteiger partial charge in [0.1, 0.15) is 6.04 Å². The summed E-state index contributed by atoms with van der Waals surface area (Å²) in [4.78, 5) is 12.0. The first-order chi connectivity index (χ1) is 13.1. The van der Waals surface area contributed by atoms with Crippen molar-refractivity contribution >= 4 is 32.9 Å². The lowest BCUT2D eigenvalue weighted by molar-refractivity contribution is 0.252. The molecule has 0 amide bonds. The van der Waals surface area contributed by atoms with Gasteiger partial charge in [0.15, 0.2) is 16.7 Å². The molecule has 7 heteroatoms. The third-order valence-electron chi connectivity index (χ3n) is 5.03. The molecule has 3 atom stereocenters. The van der Waals surface area contributed by atoms with Crippen molar-refractivity contribution in [2.24, 2.45) is 4.99 Å². The van der Waals surface area contributed by atoms with E-state index in [0.29, 0.717) is 18.4 Å². The molecule has 5 nitrogen and oxygen atoms in total. The second-order valence-electron chi connectivity index (χ2n) is 6.61. The summed E-state index contributed by atoms with van der Waals surface area (Å²) in [7, 11) is 0. The van der Waals surface area contributed by atoms with Crippen LogP contribution in [0, 0.1) is 0 Å². The van der Waals surface area contributed by atoms with Gasteiger partial charge in [0.25, 0.3) is 0 Å². The van der Waals surface area contributed by atoms with Gasteiger partial charge in [0.05, 0.1) is 18.3 Å². The van der Waals surface area contributed by atoms with E-state index in [-0.39, 0.29) is 17.8 Å². The molecule has 1 fully saturated rings. The Hall–Kier alpha value is -1.73. The van der Waals surface area contributed by atoms with Crippen molar-refractivity contribution in [3.05, 3.63) is 52.3 Å². The SMILES string of the molecule is CCOc1cc([C@@H]2[C@@H](c3ccccn3)N=C3SC[C@H](CC)N32)c(Br)cc1O. The van der Waals surface area contributed by atoms with Crippen LogP contribution in [-0.4, -0.2) is 38.6 Å². The first-order valence-corrected chi connectivity index (χ1v) is 11.0. The average Bonchev–Trinajstić information content (AvgIpc) is 3.24. The first-order valence-electron chi connectivity index (χ1n) is 9.19. The van der Waals surface area contributed by atoms with Crippen LogP contribution in [0.4, 0.5) is 0 Å². The highest BCUT2D eigenvalue weighted by atomic mass is 79.9. The van der Waals surface area contributed by atoms with Crippen LogP contribution in [0.25, 0.3) is 0 Å². The zero-order valence-corrected chi connectivity index (χ0v) is 17.7. The van der Waals surface area contributed by atoms with Gasteiger partial charge in [0, 0.05) is 22.5 Å². The van der Waals surface area contributed by atoms with E-state index < -0.39 is 0 Å². The molecule has 0 radical (unpaired) electrons. The van der Waals surface area contributed by atoms with Gasteiger partial charge in [-0.1, -0.05) is 40.7 Å². The standard InChI is InChI=1S/C20H22BrN3O2S/c1-3-12-11-27-20-23-18(15-7-5-6-8-22-15)19(24(12)20)13-9-17(26-4-2)16(25)10-14(13)21/h5-10,12,18-19,25H,3-4,11H2,1-2H3/t12-,18+,19+/m0/s1. The summed E-state index contributed by atoms with van der Waals surface area (Å²) < 4.78 is 6.51. The second kappa shape index (κ2) is 7.72. The van der Waals surface area contributed by atoms with Gasteiger partial charge >= 0.3 is 0 Å². The number of hydrogen-bond acceptors (Lipinski definition) is 6. The van der Waals surface area contributed by atoms with Crippen LogP contribution in [0.1, 0.15) is 43.6 Å². The molecular weight excluding hydrogens is 426 g/mol. The van der Waals surface area contributed by atoms with Gasteiger partial charge in [-0.15, -0.1) is 0 Å². The quantitative estimate of drug-likeness (QED) is 0.703. The van der Waals surface area contributed by atoms with Crippen molar-refractivity contribution in [1.29, 1.82) is 0 Å². The van der Waals surface area contributed by atoms with Crippen molar-refractivity contribution < 1.29 is 9.84 Å². The number of aliphatic imine (C=N–C) groups is 1. The van der Waals surface area contributed by atoms with E-state index in [1.807, 2.05) is 49.1 Å². The lowest BCUT2D eigenvalue weighted by Gasteiger charge is -2.32. The van der Waals surface area contributed by atoms with Gasteiger partial charge < -0.3 is 14.7 Å². The number of fused-ring (bicyclic) bond motifs is 1. The number of phenols is 1. The Kier molecular flexibility index (Phi) is 5.32. The molecule has 3 heterocycles. The second-order valence-corrected chi connectivity index (χ2v) is 8.45. The maximum Gasteiger partial charge on any atom is 0.161 e. The minimum absolute atomic E-state index is 0.0176. The number of phenolic OH excluding ortho intramolecular Hbond substituents is 1. The highest BCUT2D eigenvalue weighted by Crippen LogP contribution is 2.51. The molecule has 0 spiro atoms. The highest BCUT2D eigenvalue weighted by molar-refractivity contribution is 9.10. The van der Waals surface area contributed by atoms with E-state index in [1.165, 1.54) is 0 Å². The minimum atomic E-state index is -0.0848.